The van der Waals surface area contributed by atoms with Crippen LogP contribution in [0.25, 0.3) is 0 Å². The standard InChI is InChI=1S/C8H17NO3S/c1-3-13(11,12)9-4-7(2)8(5-9)6-10/h7-8,10H,3-6H2,1-2H3/t7-,8+/m1/s1. The van der Waals surface area contributed by atoms with Gasteiger partial charge in [-0.2, -0.15) is 0 Å². The molecule has 1 rings (SSSR count). The molecule has 0 spiro atoms. The molecule has 0 aromatic rings. The van der Waals surface area contributed by atoms with Gasteiger partial charge >= 0.3 is 0 Å². The molecule has 1 heterocycles. The van der Waals surface area contributed by atoms with Gasteiger partial charge in [0.05, 0.1) is 5.75 Å². The number of hydrogen-bond donors (Lipinski definition) is 1. The third-order valence-corrected chi connectivity index (χ3v) is 4.54. The topological polar surface area (TPSA) is 57.6 Å². The maximum absolute atomic E-state index is 11.5. The Morgan fingerprint density at radius 2 is 2.08 bits per heavy atom. The minimum Gasteiger partial charge on any atom is -0.396 e. The number of sulfonamides is 1. The summed E-state index contributed by atoms with van der Waals surface area (Å²) in [6.07, 6.45) is 0. The third-order valence-electron chi connectivity index (χ3n) is 2.73. The van der Waals surface area contributed by atoms with Crippen molar-refractivity contribution in [1.29, 1.82) is 0 Å². The number of aliphatic hydroxyl groups is 1. The molecule has 2 atom stereocenters. The quantitative estimate of drug-likeness (QED) is 0.703. The van der Waals surface area contributed by atoms with Gasteiger partial charge in [-0.1, -0.05) is 6.92 Å². The van der Waals surface area contributed by atoms with Crippen molar-refractivity contribution in [1.82, 2.24) is 4.31 Å². The van der Waals surface area contributed by atoms with Crippen LogP contribution in [0.5, 0.6) is 0 Å². The SMILES string of the molecule is CCS(=O)(=O)N1C[C@@H](CO)[C@H](C)C1. The maximum Gasteiger partial charge on any atom is 0.213 e. The van der Waals surface area contributed by atoms with Gasteiger partial charge in [-0.25, -0.2) is 12.7 Å². The van der Waals surface area contributed by atoms with Crippen LogP contribution in [0.1, 0.15) is 13.8 Å². The Hall–Kier alpha value is -0.130. The highest BCUT2D eigenvalue weighted by atomic mass is 32.2. The van der Waals surface area contributed by atoms with Crippen LogP contribution < -0.4 is 0 Å². The molecule has 0 aromatic carbocycles. The summed E-state index contributed by atoms with van der Waals surface area (Å²) in [6.45, 7) is 4.74. The Balaban J connectivity index is 2.68. The van der Waals surface area contributed by atoms with Crippen LogP contribution in [-0.2, 0) is 10.0 Å². The molecule has 1 aliphatic heterocycles. The van der Waals surface area contributed by atoms with Gasteiger partial charge in [0, 0.05) is 19.7 Å². The lowest BCUT2D eigenvalue weighted by Gasteiger charge is -2.14. The predicted octanol–water partition coefficient (Wildman–Crippen LogP) is -0.104. The van der Waals surface area contributed by atoms with Crippen LogP contribution in [0, 0.1) is 11.8 Å². The van der Waals surface area contributed by atoms with Crippen LogP contribution in [0.15, 0.2) is 0 Å². The van der Waals surface area contributed by atoms with Crippen molar-refractivity contribution in [2.75, 3.05) is 25.4 Å². The first kappa shape index (κ1) is 10.9. The summed E-state index contributed by atoms with van der Waals surface area (Å²) in [5.74, 6) is 0.533. The Morgan fingerprint density at radius 1 is 1.46 bits per heavy atom. The second-order valence-corrected chi connectivity index (χ2v) is 5.90. The molecule has 13 heavy (non-hydrogen) atoms. The lowest BCUT2D eigenvalue weighted by Crippen LogP contribution is -2.30. The molecule has 1 fully saturated rings. The van der Waals surface area contributed by atoms with Gasteiger partial charge in [-0.3, -0.25) is 0 Å². The first-order chi connectivity index (χ1) is 6.01. The van der Waals surface area contributed by atoms with E-state index < -0.39 is 10.0 Å². The van der Waals surface area contributed by atoms with Crippen molar-refractivity contribution in [3.8, 4) is 0 Å². The first-order valence-corrected chi connectivity index (χ1v) is 6.20. The zero-order valence-corrected chi connectivity index (χ0v) is 8.92. The van der Waals surface area contributed by atoms with Crippen LogP contribution in [0.3, 0.4) is 0 Å². The van der Waals surface area contributed by atoms with Crippen LogP contribution in [0.4, 0.5) is 0 Å². The molecule has 78 valence electrons. The minimum absolute atomic E-state index is 0.0803. The molecule has 0 radical (unpaired) electrons. The molecule has 0 aliphatic carbocycles. The molecule has 1 N–H and O–H groups in total. The predicted molar refractivity (Wildman–Crippen MR) is 50.8 cm³/mol. The molecule has 1 aliphatic rings. The van der Waals surface area contributed by atoms with E-state index in [1.807, 2.05) is 6.92 Å². The highest BCUT2D eigenvalue weighted by Gasteiger charge is 2.34. The van der Waals surface area contributed by atoms with Crippen molar-refractivity contribution >= 4 is 10.0 Å². The monoisotopic (exact) mass is 207 g/mol. The van der Waals surface area contributed by atoms with E-state index in [2.05, 4.69) is 0 Å². The smallest absolute Gasteiger partial charge is 0.213 e. The van der Waals surface area contributed by atoms with Crippen molar-refractivity contribution in [3.05, 3.63) is 0 Å². The molecule has 0 bridgehead atoms. The lowest BCUT2D eigenvalue weighted by molar-refractivity contribution is 0.210. The average Bonchev–Trinajstić information content (AvgIpc) is 2.47. The number of hydrogen-bond acceptors (Lipinski definition) is 3. The first-order valence-electron chi connectivity index (χ1n) is 4.60. The van der Waals surface area contributed by atoms with Gasteiger partial charge in [0.15, 0.2) is 0 Å². The van der Waals surface area contributed by atoms with E-state index >= 15 is 0 Å². The Morgan fingerprint density at radius 3 is 2.46 bits per heavy atom. The van der Waals surface area contributed by atoms with Gasteiger partial charge in [0.2, 0.25) is 10.0 Å². The molecule has 4 nitrogen and oxygen atoms in total. The fraction of sp³-hybridized carbons (Fsp3) is 1.00. The second kappa shape index (κ2) is 3.94. The lowest BCUT2D eigenvalue weighted by atomic mass is 10.00. The Kier molecular flexibility index (Phi) is 3.32. The molecule has 5 heteroatoms. The van der Waals surface area contributed by atoms with Gasteiger partial charge < -0.3 is 5.11 Å². The van der Waals surface area contributed by atoms with Gasteiger partial charge in [0.25, 0.3) is 0 Å². The molecular formula is C8H17NO3S. The number of aliphatic hydroxyl groups excluding tert-OH is 1. The van der Waals surface area contributed by atoms with Gasteiger partial charge in [-0.05, 0) is 18.8 Å². The van der Waals surface area contributed by atoms with E-state index in [1.165, 1.54) is 4.31 Å². The van der Waals surface area contributed by atoms with Gasteiger partial charge in [0.1, 0.15) is 0 Å². The van der Waals surface area contributed by atoms with E-state index in [0.29, 0.717) is 13.1 Å². The summed E-state index contributed by atoms with van der Waals surface area (Å²) in [5, 5.41) is 8.97. The highest BCUT2D eigenvalue weighted by molar-refractivity contribution is 7.89. The van der Waals surface area contributed by atoms with E-state index in [1.54, 1.807) is 6.92 Å². The normalized spacial score (nSPS) is 31.0. The summed E-state index contributed by atoms with van der Waals surface area (Å²) in [6, 6.07) is 0. The zero-order chi connectivity index (χ0) is 10.1. The van der Waals surface area contributed by atoms with Crippen molar-refractivity contribution in [2.45, 2.75) is 13.8 Å². The summed E-state index contributed by atoms with van der Waals surface area (Å²) < 4.78 is 24.4. The Bertz CT molecular complexity index is 263. The summed E-state index contributed by atoms with van der Waals surface area (Å²) in [5.41, 5.74) is 0. The van der Waals surface area contributed by atoms with Crippen LogP contribution in [-0.4, -0.2) is 43.3 Å². The largest absolute Gasteiger partial charge is 0.396 e. The molecule has 0 aromatic heterocycles. The molecular weight excluding hydrogens is 190 g/mol. The van der Waals surface area contributed by atoms with E-state index in [9.17, 15) is 8.42 Å². The van der Waals surface area contributed by atoms with E-state index in [-0.39, 0.29) is 24.2 Å². The van der Waals surface area contributed by atoms with Crippen molar-refractivity contribution in [2.24, 2.45) is 11.8 Å². The van der Waals surface area contributed by atoms with Gasteiger partial charge in [-0.15, -0.1) is 0 Å². The maximum atomic E-state index is 11.5. The number of rotatable bonds is 3. The average molecular weight is 207 g/mol. The summed E-state index contributed by atoms with van der Waals surface area (Å²) >= 11 is 0. The summed E-state index contributed by atoms with van der Waals surface area (Å²) in [4.78, 5) is 0. The number of nitrogens with zero attached hydrogens (tertiary/aromatic N) is 1. The highest BCUT2D eigenvalue weighted by Crippen LogP contribution is 2.24. The third kappa shape index (κ3) is 2.21. The van der Waals surface area contributed by atoms with E-state index in [4.69, 9.17) is 5.11 Å². The van der Waals surface area contributed by atoms with Crippen molar-refractivity contribution < 1.29 is 13.5 Å². The molecule has 1 saturated heterocycles. The molecule has 0 saturated carbocycles. The summed E-state index contributed by atoms with van der Waals surface area (Å²) in [7, 11) is -3.05. The fourth-order valence-corrected chi connectivity index (χ4v) is 2.88. The zero-order valence-electron chi connectivity index (χ0n) is 8.10. The fourth-order valence-electron chi connectivity index (χ4n) is 1.63. The van der Waals surface area contributed by atoms with E-state index in [0.717, 1.165) is 0 Å². The van der Waals surface area contributed by atoms with Crippen molar-refractivity contribution in [3.63, 3.8) is 0 Å². The second-order valence-electron chi connectivity index (χ2n) is 3.64. The molecule has 0 unspecified atom stereocenters. The minimum atomic E-state index is -3.05. The molecule has 0 amide bonds. The Labute approximate surface area is 79.6 Å². The van der Waals surface area contributed by atoms with Crippen LogP contribution >= 0.6 is 0 Å². The van der Waals surface area contributed by atoms with Crippen LogP contribution in [0.2, 0.25) is 0 Å².